The first kappa shape index (κ1) is 20.0. The van der Waals surface area contributed by atoms with Gasteiger partial charge in [-0.05, 0) is 24.5 Å². The summed E-state index contributed by atoms with van der Waals surface area (Å²) in [4.78, 5) is 23.1. The van der Waals surface area contributed by atoms with Crippen molar-refractivity contribution in [2.24, 2.45) is 11.8 Å². The standard InChI is InChI=1S/C17H22F3NO3/c1-3-5-13(16(23)24)10-21-15(22)11(2)8-12-6-4-7-14(9-12)17(18,19)20/h4,6-7,9,11,13H,3,5,8,10H2,1-2H3,(H,21,22)(H,23,24). The summed E-state index contributed by atoms with van der Waals surface area (Å²) in [7, 11) is 0. The van der Waals surface area contributed by atoms with Crippen LogP contribution in [-0.2, 0) is 22.2 Å². The lowest BCUT2D eigenvalue weighted by Crippen LogP contribution is -2.36. The number of nitrogens with one attached hydrogen (secondary N) is 1. The van der Waals surface area contributed by atoms with Gasteiger partial charge in [0, 0.05) is 12.5 Å². The lowest BCUT2D eigenvalue weighted by atomic mass is 9.98. The van der Waals surface area contributed by atoms with E-state index in [1.165, 1.54) is 12.1 Å². The number of aliphatic carboxylic acids is 1. The average Bonchev–Trinajstić information content (AvgIpc) is 2.50. The maximum Gasteiger partial charge on any atom is 0.416 e. The summed E-state index contributed by atoms with van der Waals surface area (Å²) in [5.41, 5.74) is -0.336. The van der Waals surface area contributed by atoms with Gasteiger partial charge in [0.2, 0.25) is 5.91 Å². The maximum absolute atomic E-state index is 12.7. The minimum atomic E-state index is -4.42. The first-order valence-corrected chi connectivity index (χ1v) is 7.81. The Bertz CT molecular complexity index is 572. The summed E-state index contributed by atoms with van der Waals surface area (Å²) in [5.74, 6) is -2.54. The van der Waals surface area contributed by atoms with Gasteiger partial charge in [0.25, 0.3) is 0 Å². The third kappa shape index (κ3) is 6.22. The number of rotatable bonds is 8. The van der Waals surface area contributed by atoms with E-state index < -0.39 is 29.5 Å². The molecule has 2 unspecified atom stereocenters. The summed E-state index contributed by atoms with van der Waals surface area (Å²) >= 11 is 0. The minimum Gasteiger partial charge on any atom is -0.481 e. The molecule has 2 N–H and O–H groups in total. The van der Waals surface area contributed by atoms with E-state index in [2.05, 4.69) is 5.32 Å². The van der Waals surface area contributed by atoms with Crippen molar-refractivity contribution in [2.45, 2.75) is 39.3 Å². The van der Waals surface area contributed by atoms with Crippen LogP contribution >= 0.6 is 0 Å². The zero-order valence-corrected chi connectivity index (χ0v) is 13.7. The maximum atomic E-state index is 12.7. The molecule has 0 heterocycles. The molecular formula is C17H22F3NO3. The van der Waals surface area contributed by atoms with E-state index in [9.17, 15) is 22.8 Å². The van der Waals surface area contributed by atoms with Gasteiger partial charge >= 0.3 is 12.1 Å². The normalized spacial score (nSPS) is 14.0. The molecular weight excluding hydrogens is 323 g/mol. The molecule has 0 fully saturated rings. The first-order chi connectivity index (χ1) is 11.1. The number of benzene rings is 1. The molecule has 0 aliphatic rings. The van der Waals surface area contributed by atoms with Gasteiger partial charge in [0.1, 0.15) is 0 Å². The molecule has 2 atom stereocenters. The molecule has 1 aromatic rings. The van der Waals surface area contributed by atoms with E-state index in [1.54, 1.807) is 6.92 Å². The van der Waals surface area contributed by atoms with Crippen molar-refractivity contribution >= 4 is 11.9 Å². The Morgan fingerprint density at radius 3 is 2.50 bits per heavy atom. The van der Waals surface area contributed by atoms with Gasteiger partial charge in [-0.15, -0.1) is 0 Å². The zero-order chi connectivity index (χ0) is 18.3. The fourth-order valence-electron chi connectivity index (χ4n) is 2.38. The quantitative estimate of drug-likeness (QED) is 0.758. The number of carbonyl (C=O) groups is 2. The van der Waals surface area contributed by atoms with Crippen LogP contribution in [0.5, 0.6) is 0 Å². The van der Waals surface area contributed by atoms with Crippen molar-refractivity contribution in [3.05, 3.63) is 35.4 Å². The number of hydrogen-bond acceptors (Lipinski definition) is 2. The minimum absolute atomic E-state index is 0.0228. The average molecular weight is 345 g/mol. The molecule has 4 nitrogen and oxygen atoms in total. The first-order valence-electron chi connectivity index (χ1n) is 7.81. The Kier molecular flexibility index (Phi) is 7.25. The number of carboxylic acids is 1. The topological polar surface area (TPSA) is 66.4 Å². The largest absolute Gasteiger partial charge is 0.481 e. The van der Waals surface area contributed by atoms with Gasteiger partial charge in [-0.3, -0.25) is 9.59 Å². The van der Waals surface area contributed by atoms with Gasteiger partial charge in [-0.2, -0.15) is 13.2 Å². The Balaban J connectivity index is 2.62. The van der Waals surface area contributed by atoms with Crippen molar-refractivity contribution < 1.29 is 27.9 Å². The molecule has 1 amide bonds. The Morgan fingerprint density at radius 1 is 1.29 bits per heavy atom. The summed E-state index contributed by atoms with van der Waals surface area (Å²) in [6.07, 6.45) is -3.12. The van der Waals surface area contributed by atoms with Crippen LogP contribution in [0.15, 0.2) is 24.3 Å². The number of halogens is 3. The number of alkyl halides is 3. The van der Waals surface area contributed by atoms with Crippen molar-refractivity contribution in [3.63, 3.8) is 0 Å². The predicted octanol–water partition coefficient (Wildman–Crippen LogP) is 3.50. The molecule has 0 aliphatic carbocycles. The molecule has 0 bridgehead atoms. The van der Waals surface area contributed by atoms with Crippen molar-refractivity contribution in [2.75, 3.05) is 6.54 Å². The van der Waals surface area contributed by atoms with Crippen molar-refractivity contribution in [3.8, 4) is 0 Å². The highest BCUT2D eigenvalue weighted by molar-refractivity contribution is 5.79. The highest BCUT2D eigenvalue weighted by Crippen LogP contribution is 2.30. The fraction of sp³-hybridized carbons (Fsp3) is 0.529. The van der Waals surface area contributed by atoms with Crippen molar-refractivity contribution in [1.29, 1.82) is 0 Å². The SMILES string of the molecule is CCCC(CNC(=O)C(C)Cc1cccc(C(F)(F)F)c1)C(=O)O. The number of amides is 1. The Hall–Kier alpha value is -2.05. The number of carbonyl (C=O) groups excluding carboxylic acids is 1. The second-order valence-electron chi connectivity index (χ2n) is 5.87. The monoisotopic (exact) mass is 345 g/mol. The second kappa shape index (κ2) is 8.70. The molecule has 24 heavy (non-hydrogen) atoms. The highest BCUT2D eigenvalue weighted by atomic mass is 19.4. The third-order valence-corrected chi connectivity index (χ3v) is 3.75. The molecule has 1 aromatic carbocycles. The van der Waals surface area contributed by atoms with E-state index in [0.717, 1.165) is 12.1 Å². The fourth-order valence-corrected chi connectivity index (χ4v) is 2.38. The molecule has 0 aliphatic heterocycles. The van der Waals surface area contributed by atoms with Gasteiger partial charge < -0.3 is 10.4 Å². The summed E-state index contributed by atoms with van der Waals surface area (Å²) in [6.45, 7) is 3.48. The molecule has 0 saturated heterocycles. The predicted molar refractivity (Wildman–Crippen MR) is 83.4 cm³/mol. The van der Waals surface area contributed by atoms with Crippen LogP contribution in [0.1, 0.15) is 37.8 Å². The summed E-state index contributed by atoms with van der Waals surface area (Å²) in [5, 5.41) is 11.6. The molecule has 7 heteroatoms. The molecule has 134 valence electrons. The van der Waals surface area contributed by atoms with E-state index in [0.29, 0.717) is 18.4 Å². The molecule has 0 radical (unpaired) electrons. The molecule has 0 saturated carbocycles. The van der Waals surface area contributed by atoms with Crippen LogP contribution in [0.25, 0.3) is 0 Å². The molecule has 1 rings (SSSR count). The van der Waals surface area contributed by atoms with Crippen LogP contribution in [0.3, 0.4) is 0 Å². The van der Waals surface area contributed by atoms with E-state index >= 15 is 0 Å². The third-order valence-electron chi connectivity index (χ3n) is 3.75. The molecule has 0 aromatic heterocycles. The van der Waals surface area contributed by atoms with Crippen LogP contribution in [-0.4, -0.2) is 23.5 Å². The summed E-state index contributed by atoms with van der Waals surface area (Å²) in [6, 6.07) is 4.86. The van der Waals surface area contributed by atoms with Crippen molar-refractivity contribution in [1.82, 2.24) is 5.32 Å². The lowest BCUT2D eigenvalue weighted by Gasteiger charge is -2.16. The van der Waals surface area contributed by atoms with Gasteiger partial charge in [0.05, 0.1) is 11.5 Å². The van der Waals surface area contributed by atoms with Gasteiger partial charge in [-0.25, -0.2) is 0 Å². The lowest BCUT2D eigenvalue weighted by molar-refractivity contribution is -0.142. The van der Waals surface area contributed by atoms with Crippen LogP contribution in [0.4, 0.5) is 13.2 Å². The van der Waals surface area contributed by atoms with E-state index in [1.807, 2.05) is 6.92 Å². The highest BCUT2D eigenvalue weighted by Gasteiger charge is 2.30. The zero-order valence-electron chi connectivity index (χ0n) is 13.7. The molecule has 0 spiro atoms. The van der Waals surface area contributed by atoms with Crippen LogP contribution < -0.4 is 5.32 Å². The van der Waals surface area contributed by atoms with Gasteiger partial charge in [-0.1, -0.05) is 38.5 Å². The van der Waals surface area contributed by atoms with Crippen LogP contribution in [0.2, 0.25) is 0 Å². The summed E-state index contributed by atoms with van der Waals surface area (Å²) < 4.78 is 38.1. The van der Waals surface area contributed by atoms with E-state index in [4.69, 9.17) is 5.11 Å². The smallest absolute Gasteiger partial charge is 0.416 e. The number of carboxylic acid groups (broad SMARTS) is 1. The Labute approximate surface area is 139 Å². The van der Waals surface area contributed by atoms with Gasteiger partial charge in [0.15, 0.2) is 0 Å². The van der Waals surface area contributed by atoms with Crippen LogP contribution in [0, 0.1) is 11.8 Å². The number of hydrogen-bond donors (Lipinski definition) is 2. The van der Waals surface area contributed by atoms with E-state index in [-0.39, 0.29) is 18.9 Å². The second-order valence-corrected chi connectivity index (χ2v) is 5.87. The Morgan fingerprint density at radius 2 is 1.96 bits per heavy atom.